The Bertz CT molecular complexity index is 1270. The molecule has 1 aromatic heterocycles. The number of halogens is 2. The first-order valence-corrected chi connectivity index (χ1v) is 11.1. The number of hydrogen-bond donors (Lipinski definition) is 1. The molecule has 0 bridgehead atoms. The second kappa shape index (κ2) is 8.78. The Balaban J connectivity index is 1.92. The average Bonchev–Trinajstić information content (AvgIpc) is 3.42. The molecule has 1 atom stereocenters. The van der Waals surface area contributed by atoms with Gasteiger partial charge in [0.25, 0.3) is 11.7 Å². The molecule has 4 rings (SSSR count). The van der Waals surface area contributed by atoms with Gasteiger partial charge < -0.3 is 9.84 Å². The van der Waals surface area contributed by atoms with Crippen molar-refractivity contribution >= 4 is 34.5 Å². The molecule has 0 radical (unpaired) electrons. The van der Waals surface area contributed by atoms with Crippen molar-refractivity contribution in [2.24, 2.45) is 0 Å². The summed E-state index contributed by atoms with van der Waals surface area (Å²) in [5.74, 6) is -3.68. The minimum Gasteiger partial charge on any atom is -0.507 e. The lowest BCUT2D eigenvalue weighted by molar-refractivity contribution is -0.132. The Morgan fingerprint density at radius 2 is 1.85 bits per heavy atom. The highest BCUT2D eigenvalue weighted by molar-refractivity contribution is 7.10. The lowest BCUT2D eigenvalue weighted by atomic mass is 9.95. The summed E-state index contributed by atoms with van der Waals surface area (Å²) in [7, 11) is 1.55. The number of benzene rings is 2. The summed E-state index contributed by atoms with van der Waals surface area (Å²) in [6.45, 7) is 3.94. The number of amides is 1. The van der Waals surface area contributed by atoms with E-state index in [-0.39, 0.29) is 22.9 Å². The Morgan fingerprint density at radius 3 is 2.45 bits per heavy atom. The van der Waals surface area contributed by atoms with Gasteiger partial charge in [-0.2, -0.15) is 0 Å². The molecule has 0 saturated carbocycles. The van der Waals surface area contributed by atoms with Crippen molar-refractivity contribution in [3.63, 3.8) is 0 Å². The van der Waals surface area contributed by atoms with Gasteiger partial charge in [0.15, 0.2) is 11.6 Å². The van der Waals surface area contributed by atoms with Gasteiger partial charge in [-0.05, 0) is 53.3 Å². The minimum absolute atomic E-state index is 0.0195. The lowest BCUT2D eigenvalue weighted by Gasteiger charge is -2.24. The van der Waals surface area contributed by atoms with E-state index < -0.39 is 29.4 Å². The molecule has 1 fully saturated rings. The van der Waals surface area contributed by atoms with Gasteiger partial charge in [0.1, 0.15) is 17.6 Å². The van der Waals surface area contributed by atoms with E-state index in [1.165, 1.54) is 17.4 Å². The van der Waals surface area contributed by atoms with Crippen molar-refractivity contribution in [3.05, 3.63) is 87.1 Å². The average molecular weight is 470 g/mol. The first-order chi connectivity index (χ1) is 15.7. The van der Waals surface area contributed by atoms with Gasteiger partial charge in [0, 0.05) is 22.2 Å². The Morgan fingerprint density at radius 1 is 1.09 bits per heavy atom. The normalized spacial score (nSPS) is 17.8. The standard InChI is InChI=1S/C25H21F2NO4S/c1-13(2)16-11-14(6-9-19(16)32-3)23(29)21-22(20-5-4-10-33-20)28(25(31)24(21)30)15-7-8-17(26)18(27)12-15/h4-13,22,29H,1-3H3/b23-21-. The smallest absolute Gasteiger partial charge is 0.300 e. The molecule has 0 aliphatic carbocycles. The number of aliphatic hydroxyl groups excluding tert-OH is 1. The monoisotopic (exact) mass is 469 g/mol. The fraction of sp³-hybridized carbons (Fsp3) is 0.200. The number of thiophene rings is 1. The molecule has 1 aliphatic rings. The van der Waals surface area contributed by atoms with E-state index in [2.05, 4.69) is 0 Å². The molecular formula is C25H21F2NO4S. The van der Waals surface area contributed by atoms with Crippen LogP contribution in [-0.4, -0.2) is 23.9 Å². The molecule has 170 valence electrons. The Kier molecular flexibility index (Phi) is 6.03. The highest BCUT2D eigenvalue weighted by Crippen LogP contribution is 2.44. The number of anilines is 1. The third-order valence-electron chi connectivity index (χ3n) is 5.56. The summed E-state index contributed by atoms with van der Waals surface area (Å²) in [4.78, 5) is 27.8. The number of ether oxygens (including phenoxy) is 1. The molecule has 33 heavy (non-hydrogen) atoms. The van der Waals surface area contributed by atoms with Gasteiger partial charge in [-0.3, -0.25) is 14.5 Å². The molecule has 3 aromatic rings. The van der Waals surface area contributed by atoms with E-state index in [4.69, 9.17) is 4.74 Å². The molecule has 1 amide bonds. The number of methoxy groups -OCH3 is 1. The molecule has 8 heteroatoms. The second-order valence-electron chi connectivity index (χ2n) is 7.89. The molecule has 1 N–H and O–H groups in total. The zero-order chi connectivity index (χ0) is 23.9. The van der Waals surface area contributed by atoms with E-state index in [9.17, 15) is 23.5 Å². The molecule has 1 aliphatic heterocycles. The summed E-state index contributed by atoms with van der Waals surface area (Å²) < 4.78 is 32.9. The summed E-state index contributed by atoms with van der Waals surface area (Å²) >= 11 is 1.28. The molecule has 1 unspecified atom stereocenters. The SMILES string of the molecule is COc1ccc(/C(O)=C2/C(=O)C(=O)N(c3ccc(F)c(F)c3)C2c2cccs2)cc1C(C)C. The van der Waals surface area contributed by atoms with E-state index in [1.54, 1.807) is 42.8 Å². The van der Waals surface area contributed by atoms with Gasteiger partial charge in [-0.1, -0.05) is 19.9 Å². The molecule has 5 nitrogen and oxygen atoms in total. The Hall–Kier alpha value is -3.52. The minimum atomic E-state index is -1.14. The van der Waals surface area contributed by atoms with Gasteiger partial charge in [-0.15, -0.1) is 11.3 Å². The van der Waals surface area contributed by atoms with Crippen LogP contribution < -0.4 is 9.64 Å². The van der Waals surface area contributed by atoms with Crippen LogP contribution in [0, 0.1) is 11.6 Å². The van der Waals surface area contributed by atoms with Crippen LogP contribution in [0.5, 0.6) is 5.75 Å². The summed E-state index contributed by atoms with van der Waals surface area (Å²) in [5.41, 5.74) is 1.08. The van der Waals surface area contributed by atoms with Crippen LogP contribution in [0.3, 0.4) is 0 Å². The summed E-state index contributed by atoms with van der Waals surface area (Å²) in [6, 6.07) is 10.5. The first kappa shape index (κ1) is 22.7. The van der Waals surface area contributed by atoms with Crippen LogP contribution in [0.1, 0.15) is 41.8 Å². The zero-order valence-electron chi connectivity index (χ0n) is 18.1. The van der Waals surface area contributed by atoms with Crippen LogP contribution in [0.25, 0.3) is 5.76 Å². The largest absolute Gasteiger partial charge is 0.507 e. The van der Waals surface area contributed by atoms with Gasteiger partial charge in [0.2, 0.25) is 0 Å². The second-order valence-corrected chi connectivity index (χ2v) is 8.87. The molecule has 2 heterocycles. The summed E-state index contributed by atoms with van der Waals surface area (Å²) in [6.07, 6.45) is 0. The van der Waals surface area contributed by atoms with Gasteiger partial charge in [-0.25, -0.2) is 8.78 Å². The highest BCUT2D eigenvalue weighted by atomic mass is 32.1. The fourth-order valence-corrected chi connectivity index (χ4v) is 4.76. The van der Waals surface area contributed by atoms with Gasteiger partial charge in [0.05, 0.1) is 12.7 Å². The maximum absolute atomic E-state index is 14.0. The van der Waals surface area contributed by atoms with E-state index >= 15 is 0 Å². The zero-order valence-corrected chi connectivity index (χ0v) is 19.0. The lowest BCUT2D eigenvalue weighted by Crippen LogP contribution is -2.29. The van der Waals surface area contributed by atoms with Crippen LogP contribution in [-0.2, 0) is 9.59 Å². The predicted octanol–water partition coefficient (Wildman–Crippen LogP) is 5.78. The summed E-state index contributed by atoms with van der Waals surface area (Å²) in [5, 5.41) is 13.0. The maximum atomic E-state index is 14.0. The van der Waals surface area contributed by atoms with Crippen LogP contribution >= 0.6 is 11.3 Å². The number of Topliss-reactive ketones (excluding diaryl/α,β-unsaturated/α-hetero) is 1. The number of carbonyl (C=O) groups excluding carboxylic acids is 2. The molecule has 2 aromatic carbocycles. The number of ketones is 1. The number of nitrogens with zero attached hydrogens (tertiary/aromatic N) is 1. The van der Waals surface area contributed by atoms with Crippen LogP contribution in [0.2, 0.25) is 0 Å². The van der Waals surface area contributed by atoms with E-state index in [0.29, 0.717) is 16.2 Å². The first-order valence-electron chi connectivity index (χ1n) is 10.2. The van der Waals surface area contributed by atoms with E-state index in [1.807, 2.05) is 13.8 Å². The number of aliphatic hydroxyl groups is 1. The third-order valence-corrected chi connectivity index (χ3v) is 6.49. The predicted molar refractivity (Wildman–Crippen MR) is 123 cm³/mol. The van der Waals surface area contributed by atoms with Gasteiger partial charge >= 0.3 is 0 Å². The fourth-order valence-electron chi connectivity index (χ4n) is 3.94. The van der Waals surface area contributed by atoms with Crippen molar-refractivity contribution in [1.82, 2.24) is 0 Å². The van der Waals surface area contributed by atoms with Crippen LogP contribution in [0.4, 0.5) is 14.5 Å². The van der Waals surface area contributed by atoms with Crippen molar-refractivity contribution in [2.45, 2.75) is 25.8 Å². The van der Waals surface area contributed by atoms with E-state index in [0.717, 1.165) is 22.6 Å². The molecular weight excluding hydrogens is 448 g/mol. The topological polar surface area (TPSA) is 66.8 Å². The number of hydrogen-bond acceptors (Lipinski definition) is 5. The van der Waals surface area contributed by atoms with Crippen LogP contribution in [0.15, 0.2) is 59.5 Å². The van der Waals surface area contributed by atoms with Crippen molar-refractivity contribution in [2.75, 3.05) is 12.0 Å². The number of carbonyl (C=O) groups is 2. The van der Waals surface area contributed by atoms with Crippen molar-refractivity contribution < 1.29 is 28.2 Å². The maximum Gasteiger partial charge on any atom is 0.300 e. The molecule has 1 saturated heterocycles. The number of rotatable bonds is 5. The van der Waals surface area contributed by atoms with Crippen molar-refractivity contribution in [3.8, 4) is 5.75 Å². The Labute approximate surface area is 193 Å². The quantitative estimate of drug-likeness (QED) is 0.292. The highest BCUT2D eigenvalue weighted by Gasteiger charge is 2.47. The molecule has 0 spiro atoms. The van der Waals surface area contributed by atoms with Crippen molar-refractivity contribution in [1.29, 1.82) is 0 Å². The third kappa shape index (κ3) is 3.91.